The summed E-state index contributed by atoms with van der Waals surface area (Å²) in [7, 11) is 1.68. The van der Waals surface area contributed by atoms with Crippen LogP contribution in [-0.2, 0) is 6.42 Å². The Balaban J connectivity index is 1.58. The van der Waals surface area contributed by atoms with Gasteiger partial charge < -0.3 is 9.47 Å². The lowest BCUT2D eigenvalue weighted by molar-refractivity contribution is 0.340. The molecule has 6 nitrogen and oxygen atoms in total. The van der Waals surface area contributed by atoms with Gasteiger partial charge in [-0.05, 0) is 67.4 Å². The standard InChI is InChI=1S/C24H24N4O2S/c1-3-30-22-10-6-20(7-11-22)28-23(19-12-15-25-16-13-19)26-27-24(28)31-17-14-18-4-8-21(29-2)9-5-18/h4-13,15-16H,3,14,17H2,1-2H3. The van der Waals surface area contributed by atoms with Crippen LogP contribution in [0.15, 0.2) is 78.2 Å². The molecule has 31 heavy (non-hydrogen) atoms. The Bertz CT molecular complexity index is 1100. The lowest BCUT2D eigenvalue weighted by atomic mass is 10.2. The Morgan fingerprint density at radius 3 is 2.26 bits per heavy atom. The third-order valence-corrected chi connectivity index (χ3v) is 5.69. The topological polar surface area (TPSA) is 62.1 Å². The number of hydrogen-bond acceptors (Lipinski definition) is 6. The predicted octanol–water partition coefficient (Wildman–Crippen LogP) is 5.07. The first-order chi connectivity index (χ1) is 15.3. The summed E-state index contributed by atoms with van der Waals surface area (Å²) in [5, 5.41) is 9.83. The highest BCUT2D eigenvalue weighted by atomic mass is 32.2. The van der Waals surface area contributed by atoms with Crippen LogP contribution >= 0.6 is 11.8 Å². The Morgan fingerprint density at radius 2 is 1.58 bits per heavy atom. The van der Waals surface area contributed by atoms with Crippen LogP contribution in [-0.4, -0.2) is 39.2 Å². The molecule has 0 saturated heterocycles. The van der Waals surface area contributed by atoms with E-state index < -0.39 is 0 Å². The number of rotatable bonds is 9. The van der Waals surface area contributed by atoms with Gasteiger partial charge in [0, 0.05) is 29.4 Å². The summed E-state index contributed by atoms with van der Waals surface area (Å²) in [6.45, 7) is 2.62. The lowest BCUT2D eigenvalue weighted by Gasteiger charge is -2.11. The monoisotopic (exact) mass is 432 g/mol. The van der Waals surface area contributed by atoms with Crippen molar-refractivity contribution in [3.63, 3.8) is 0 Å². The molecule has 0 N–H and O–H groups in total. The number of aromatic nitrogens is 4. The fourth-order valence-corrected chi connectivity index (χ4v) is 4.13. The van der Waals surface area contributed by atoms with Crippen LogP contribution in [0.5, 0.6) is 11.5 Å². The van der Waals surface area contributed by atoms with E-state index in [2.05, 4.69) is 31.9 Å². The molecular weight excluding hydrogens is 408 g/mol. The molecule has 0 fully saturated rings. The highest BCUT2D eigenvalue weighted by Crippen LogP contribution is 2.29. The SMILES string of the molecule is CCOc1ccc(-n2c(SCCc3ccc(OC)cc3)nnc2-c2ccncc2)cc1. The number of ether oxygens (including phenoxy) is 2. The Morgan fingerprint density at radius 1 is 0.871 bits per heavy atom. The predicted molar refractivity (Wildman–Crippen MR) is 123 cm³/mol. The molecule has 0 bridgehead atoms. The maximum absolute atomic E-state index is 5.59. The summed E-state index contributed by atoms with van der Waals surface area (Å²) in [5.74, 6) is 3.39. The summed E-state index contributed by atoms with van der Waals surface area (Å²) in [6.07, 6.45) is 4.46. The van der Waals surface area contributed by atoms with Gasteiger partial charge in [0.05, 0.1) is 13.7 Å². The van der Waals surface area contributed by atoms with Gasteiger partial charge in [-0.25, -0.2) is 0 Å². The van der Waals surface area contributed by atoms with Crippen molar-refractivity contribution in [3.05, 3.63) is 78.6 Å². The van der Waals surface area contributed by atoms with Crippen LogP contribution in [0.25, 0.3) is 17.1 Å². The largest absolute Gasteiger partial charge is 0.497 e. The second-order valence-corrected chi connectivity index (χ2v) is 7.81. The molecule has 2 aromatic carbocycles. The molecule has 0 aliphatic rings. The molecular formula is C24H24N4O2S. The number of nitrogens with zero attached hydrogens (tertiary/aromatic N) is 4. The molecule has 0 aliphatic carbocycles. The van der Waals surface area contributed by atoms with Crippen LogP contribution in [0.3, 0.4) is 0 Å². The second-order valence-electron chi connectivity index (χ2n) is 6.75. The van der Waals surface area contributed by atoms with Gasteiger partial charge in [-0.2, -0.15) is 0 Å². The first kappa shape index (κ1) is 20.9. The summed E-state index contributed by atoms with van der Waals surface area (Å²) < 4.78 is 12.9. The maximum Gasteiger partial charge on any atom is 0.196 e. The minimum atomic E-state index is 0.640. The van der Waals surface area contributed by atoms with Crippen molar-refractivity contribution in [2.45, 2.75) is 18.5 Å². The molecule has 7 heteroatoms. The summed E-state index contributed by atoms with van der Waals surface area (Å²) in [5.41, 5.74) is 3.22. The van der Waals surface area contributed by atoms with Gasteiger partial charge in [-0.15, -0.1) is 10.2 Å². The van der Waals surface area contributed by atoms with Crippen LogP contribution in [0.2, 0.25) is 0 Å². The van der Waals surface area contributed by atoms with Crippen molar-refractivity contribution in [1.29, 1.82) is 0 Å². The summed E-state index contributed by atoms with van der Waals surface area (Å²) in [4.78, 5) is 4.12. The quantitative estimate of drug-likeness (QED) is 0.344. The van der Waals surface area contributed by atoms with E-state index in [1.54, 1.807) is 31.3 Å². The maximum atomic E-state index is 5.59. The minimum Gasteiger partial charge on any atom is -0.497 e. The van der Waals surface area contributed by atoms with Gasteiger partial charge in [0.15, 0.2) is 11.0 Å². The zero-order valence-electron chi connectivity index (χ0n) is 17.6. The summed E-state index contributed by atoms with van der Waals surface area (Å²) >= 11 is 1.69. The van der Waals surface area contributed by atoms with Gasteiger partial charge in [0.1, 0.15) is 11.5 Å². The molecule has 158 valence electrons. The molecule has 4 rings (SSSR count). The number of aryl methyl sites for hydroxylation is 1. The minimum absolute atomic E-state index is 0.640. The Kier molecular flexibility index (Phi) is 6.84. The van der Waals surface area contributed by atoms with Gasteiger partial charge in [0.2, 0.25) is 0 Å². The number of hydrogen-bond donors (Lipinski definition) is 0. The number of benzene rings is 2. The molecule has 2 heterocycles. The Labute approximate surface area is 186 Å². The highest BCUT2D eigenvalue weighted by Gasteiger charge is 2.16. The van der Waals surface area contributed by atoms with E-state index in [4.69, 9.17) is 9.47 Å². The molecule has 0 aliphatic heterocycles. The molecule has 2 aromatic heterocycles. The third kappa shape index (κ3) is 5.06. The molecule has 0 unspecified atom stereocenters. The molecule has 0 atom stereocenters. The van der Waals surface area contributed by atoms with Gasteiger partial charge in [-0.3, -0.25) is 9.55 Å². The fourth-order valence-electron chi connectivity index (χ4n) is 3.19. The Hall–Kier alpha value is -3.32. The number of pyridine rings is 1. The molecule has 4 aromatic rings. The van der Waals surface area contributed by atoms with Crippen molar-refractivity contribution in [3.8, 4) is 28.6 Å². The zero-order valence-corrected chi connectivity index (χ0v) is 18.4. The normalized spacial score (nSPS) is 10.8. The van der Waals surface area contributed by atoms with Gasteiger partial charge in [-0.1, -0.05) is 23.9 Å². The molecule has 0 amide bonds. The first-order valence-electron chi connectivity index (χ1n) is 10.1. The third-order valence-electron chi connectivity index (χ3n) is 4.76. The fraction of sp³-hybridized carbons (Fsp3) is 0.208. The van der Waals surface area contributed by atoms with Crippen molar-refractivity contribution in [2.24, 2.45) is 0 Å². The van der Waals surface area contributed by atoms with E-state index >= 15 is 0 Å². The van der Waals surface area contributed by atoms with Crippen molar-refractivity contribution < 1.29 is 9.47 Å². The van der Waals surface area contributed by atoms with Crippen LogP contribution in [0.1, 0.15) is 12.5 Å². The average Bonchev–Trinajstić information content (AvgIpc) is 3.25. The summed E-state index contributed by atoms with van der Waals surface area (Å²) in [6, 6.07) is 20.1. The molecule has 0 spiro atoms. The smallest absolute Gasteiger partial charge is 0.196 e. The van der Waals surface area contributed by atoms with E-state index in [1.165, 1.54) is 5.56 Å². The van der Waals surface area contributed by atoms with Crippen molar-refractivity contribution in [2.75, 3.05) is 19.5 Å². The molecule has 0 radical (unpaired) electrons. The number of thioether (sulfide) groups is 1. The average molecular weight is 433 g/mol. The number of methoxy groups -OCH3 is 1. The van der Waals surface area contributed by atoms with Crippen LogP contribution in [0, 0.1) is 0 Å². The second kappa shape index (κ2) is 10.1. The van der Waals surface area contributed by atoms with Crippen molar-refractivity contribution in [1.82, 2.24) is 19.7 Å². The van der Waals surface area contributed by atoms with E-state index in [9.17, 15) is 0 Å². The van der Waals surface area contributed by atoms with Crippen LogP contribution in [0.4, 0.5) is 0 Å². The molecule has 0 saturated carbocycles. The van der Waals surface area contributed by atoms with E-state index in [-0.39, 0.29) is 0 Å². The van der Waals surface area contributed by atoms with Crippen molar-refractivity contribution >= 4 is 11.8 Å². The van der Waals surface area contributed by atoms with Gasteiger partial charge >= 0.3 is 0 Å². The highest BCUT2D eigenvalue weighted by molar-refractivity contribution is 7.99. The first-order valence-corrected chi connectivity index (χ1v) is 11.1. The van der Waals surface area contributed by atoms with Crippen LogP contribution < -0.4 is 9.47 Å². The van der Waals surface area contributed by atoms with E-state index in [1.807, 2.05) is 55.5 Å². The zero-order chi connectivity index (χ0) is 21.5. The van der Waals surface area contributed by atoms with E-state index in [0.29, 0.717) is 6.61 Å². The lowest BCUT2D eigenvalue weighted by Crippen LogP contribution is -2.01. The van der Waals surface area contributed by atoms with E-state index in [0.717, 1.165) is 45.9 Å². The van der Waals surface area contributed by atoms with Gasteiger partial charge in [0.25, 0.3) is 0 Å².